The lowest BCUT2D eigenvalue weighted by atomic mass is 10.2. The van der Waals surface area contributed by atoms with Crippen molar-refractivity contribution in [2.24, 2.45) is 0 Å². The van der Waals surface area contributed by atoms with Gasteiger partial charge in [-0.3, -0.25) is 9.69 Å². The van der Waals surface area contributed by atoms with Gasteiger partial charge in [-0.05, 0) is 39.1 Å². The van der Waals surface area contributed by atoms with Crippen molar-refractivity contribution >= 4 is 17.5 Å². The number of hydrogen-bond donors (Lipinski definition) is 1. The number of nitrogens with one attached hydrogen (secondary N) is 1. The van der Waals surface area contributed by atoms with Gasteiger partial charge < -0.3 is 9.73 Å². The Morgan fingerprint density at radius 3 is 2.83 bits per heavy atom. The van der Waals surface area contributed by atoms with Gasteiger partial charge in [-0.25, -0.2) is 0 Å². The summed E-state index contributed by atoms with van der Waals surface area (Å²) in [7, 11) is 3.93. The van der Waals surface area contributed by atoms with Crippen molar-refractivity contribution in [3.8, 4) is 0 Å². The number of carbonyl (C=O) groups excluding carboxylic acids is 1. The summed E-state index contributed by atoms with van der Waals surface area (Å²) in [4.78, 5) is 13.6. The maximum Gasteiger partial charge on any atom is 0.220 e. The van der Waals surface area contributed by atoms with Crippen LogP contribution < -0.4 is 5.32 Å². The van der Waals surface area contributed by atoms with Crippen molar-refractivity contribution in [2.75, 3.05) is 26.5 Å². The van der Waals surface area contributed by atoms with Crippen LogP contribution in [-0.4, -0.2) is 37.3 Å². The van der Waals surface area contributed by atoms with Crippen LogP contribution in [0.25, 0.3) is 0 Å². The third-order valence-corrected chi connectivity index (χ3v) is 3.04. The summed E-state index contributed by atoms with van der Waals surface area (Å²) in [6, 6.07) is 3.84. The molecule has 0 radical (unpaired) electrons. The Labute approximate surface area is 113 Å². The molecule has 0 spiro atoms. The van der Waals surface area contributed by atoms with E-state index in [1.807, 2.05) is 31.1 Å². The molecule has 0 saturated carbocycles. The number of alkyl halides is 1. The van der Waals surface area contributed by atoms with Crippen LogP contribution in [0.2, 0.25) is 0 Å². The lowest BCUT2D eigenvalue weighted by Crippen LogP contribution is -2.34. The zero-order chi connectivity index (χ0) is 13.4. The van der Waals surface area contributed by atoms with Crippen molar-refractivity contribution < 1.29 is 9.21 Å². The Morgan fingerprint density at radius 1 is 1.50 bits per heavy atom. The highest BCUT2D eigenvalue weighted by Gasteiger charge is 2.17. The van der Waals surface area contributed by atoms with E-state index in [9.17, 15) is 4.79 Å². The van der Waals surface area contributed by atoms with Crippen LogP contribution in [0.1, 0.15) is 31.1 Å². The fourth-order valence-electron chi connectivity index (χ4n) is 1.70. The second kappa shape index (κ2) is 8.16. The largest absolute Gasteiger partial charge is 0.468 e. The molecule has 0 saturated heterocycles. The van der Waals surface area contributed by atoms with Gasteiger partial charge >= 0.3 is 0 Å². The molecule has 0 bridgehead atoms. The van der Waals surface area contributed by atoms with Gasteiger partial charge in [-0.15, -0.1) is 11.6 Å². The number of furan rings is 1. The Morgan fingerprint density at radius 2 is 2.28 bits per heavy atom. The van der Waals surface area contributed by atoms with Crippen LogP contribution in [0.15, 0.2) is 22.8 Å². The average Bonchev–Trinajstić information content (AvgIpc) is 2.83. The lowest BCUT2D eigenvalue weighted by molar-refractivity contribution is -0.121. The highest BCUT2D eigenvalue weighted by Crippen LogP contribution is 2.17. The number of rotatable bonds is 8. The van der Waals surface area contributed by atoms with Crippen LogP contribution in [0.3, 0.4) is 0 Å². The number of unbranched alkanes of at least 4 members (excludes halogenated alkanes) is 1. The lowest BCUT2D eigenvalue weighted by Gasteiger charge is -2.22. The van der Waals surface area contributed by atoms with E-state index in [2.05, 4.69) is 5.32 Å². The summed E-state index contributed by atoms with van der Waals surface area (Å²) < 4.78 is 5.38. The second-order valence-corrected chi connectivity index (χ2v) is 4.82. The number of likely N-dealkylation sites (N-methyl/N-ethyl adjacent to an activating group) is 1. The number of amides is 1. The summed E-state index contributed by atoms with van der Waals surface area (Å²) in [5, 5.41) is 2.93. The van der Waals surface area contributed by atoms with Gasteiger partial charge in [0.1, 0.15) is 5.76 Å². The molecule has 0 aliphatic heterocycles. The van der Waals surface area contributed by atoms with Crippen molar-refractivity contribution in [2.45, 2.75) is 25.3 Å². The zero-order valence-electron chi connectivity index (χ0n) is 11.0. The Kier molecular flexibility index (Phi) is 6.83. The summed E-state index contributed by atoms with van der Waals surface area (Å²) in [6.45, 7) is 0.556. The minimum absolute atomic E-state index is 0.0666. The van der Waals surface area contributed by atoms with Crippen molar-refractivity contribution in [1.29, 1.82) is 0 Å². The summed E-state index contributed by atoms with van der Waals surface area (Å²) in [5.41, 5.74) is 0. The van der Waals surface area contributed by atoms with Gasteiger partial charge in [-0.1, -0.05) is 0 Å². The van der Waals surface area contributed by atoms with Crippen LogP contribution >= 0.6 is 11.6 Å². The number of nitrogens with zero attached hydrogens (tertiary/aromatic N) is 1. The monoisotopic (exact) mass is 272 g/mol. The molecule has 0 fully saturated rings. The highest BCUT2D eigenvalue weighted by atomic mass is 35.5. The van der Waals surface area contributed by atoms with E-state index < -0.39 is 0 Å². The molecule has 0 aromatic carbocycles. The first kappa shape index (κ1) is 15.1. The molecule has 1 aromatic rings. The van der Waals surface area contributed by atoms with Crippen molar-refractivity contribution in [1.82, 2.24) is 10.2 Å². The van der Waals surface area contributed by atoms with Crippen LogP contribution in [-0.2, 0) is 4.79 Å². The molecule has 1 unspecified atom stereocenters. The average molecular weight is 273 g/mol. The SMILES string of the molecule is CN(C)C(CNC(=O)CCCCCl)c1ccco1. The van der Waals surface area contributed by atoms with Gasteiger partial charge in [-0.2, -0.15) is 0 Å². The maximum atomic E-state index is 11.6. The fourth-order valence-corrected chi connectivity index (χ4v) is 1.89. The van der Waals surface area contributed by atoms with Gasteiger partial charge in [0, 0.05) is 18.8 Å². The number of hydrogen-bond acceptors (Lipinski definition) is 3. The number of carbonyl (C=O) groups is 1. The molecule has 1 rings (SSSR count). The molecule has 102 valence electrons. The first-order valence-corrected chi connectivity index (χ1v) is 6.71. The van der Waals surface area contributed by atoms with Crippen LogP contribution in [0.4, 0.5) is 0 Å². The smallest absolute Gasteiger partial charge is 0.220 e. The van der Waals surface area contributed by atoms with E-state index in [1.54, 1.807) is 6.26 Å². The molecule has 1 amide bonds. The molecular weight excluding hydrogens is 252 g/mol. The Bertz CT molecular complexity index is 339. The van der Waals surface area contributed by atoms with Gasteiger partial charge in [0.05, 0.1) is 12.3 Å². The minimum Gasteiger partial charge on any atom is -0.468 e. The predicted octanol–water partition coefficient (Wildman–Crippen LogP) is 2.41. The van der Waals surface area contributed by atoms with Gasteiger partial charge in [0.25, 0.3) is 0 Å². The van der Waals surface area contributed by atoms with E-state index in [0.29, 0.717) is 18.8 Å². The first-order valence-electron chi connectivity index (χ1n) is 6.17. The van der Waals surface area contributed by atoms with E-state index >= 15 is 0 Å². The first-order chi connectivity index (χ1) is 8.65. The predicted molar refractivity (Wildman–Crippen MR) is 72.7 cm³/mol. The summed E-state index contributed by atoms with van der Waals surface area (Å²) in [5.74, 6) is 1.54. The topological polar surface area (TPSA) is 45.5 Å². The molecule has 4 nitrogen and oxygen atoms in total. The standard InChI is InChI=1S/C13H21ClN2O2/c1-16(2)11(12-6-5-9-18-12)10-15-13(17)7-3-4-8-14/h5-6,9,11H,3-4,7-8,10H2,1-2H3,(H,15,17). The maximum absolute atomic E-state index is 11.6. The van der Waals surface area contributed by atoms with E-state index in [4.69, 9.17) is 16.0 Å². The zero-order valence-corrected chi connectivity index (χ0v) is 11.7. The molecule has 1 heterocycles. The third-order valence-electron chi connectivity index (χ3n) is 2.78. The molecule has 0 aliphatic rings. The van der Waals surface area contributed by atoms with Crippen LogP contribution in [0, 0.1) is 0 Å². The molecule has 1 aromatic heterocycles. The fraction of sp³-hybridized carbons (Fsp3) is 0.615. The van der Waals surface area contributed by atoms with E-state index in [1.165, 1.54) is 0 Å². The summed E-state index contributed by atoms with van der Waals surface area (Å²) >= 11 is 5.57. The van der Waals surface area contributed by atoms with E-state index in [0.717, 1.165) is 18.6 Å². The molecule has 18 heavy (non-hydrogen) atoms. The van der Waals surface area contributed by atoms with E-state index in [-0.39, 0.29) is 11.9 Å². The molecule has 5 heteroatoms. The van der Waals surface area contributed by atoms with Crippen molar-refractivity contribution in [3.05, 3.63) is 24.2 Å². The quantitative estimate of drug-likeness (QED) is 0.584. The highest BCUT2D eigenvalue weighted by molar-refractivity contribution is 6.17. The summed E-state index contributed by atoms with van der Waals surface area (Å²) in [6.07, 6.45) is 3.89. The Balaban J connectivity index is 2.37. The molecular formula is C13H21ClN2O2. The number of halogens is 1. The third kappa shape index (κ3) is 5.10. The molecule has 1 N–H and O–H groups in total. The normalized spacial score (nSPS) is 12.7. The van der Waals surface area contributed by atoms with Crippen LogP contribution in [0.5, 0.6) is 0 Å². The molecule has 1 atom stereocenters. The Hall–Kier alpha value is -1.00. The molecule has 0 aliphatic carbocycles. The van der Waals surface area contributed by atoms with Crippen molar-refractivity contribution in [3.63, 3.8) is 0 Å². The van der Waals surface area contributed by atoms with Gasteiger partial charge in [0.15, 0.2) is 0 Å². The van der Waals surface area contributed by atoms with Gasteiger partial charge in [0.2, 0.25) is 5.91 Å². The minimum atomic E-state index is 0.0666. The second-order valence-electron chi connectivity index (χ2n) is 4.44.